The van der Waals surface area contributed by atoms with Crippen LogP contribution in [0.5, 0.6) is 0 Å². The van der Waals surface area contributed by atoms with E-state index in [-0.39, 0.29) is 28.2 Å². The standard InChI is InChI=1S/C23H26FN3O4S/c1-23(2,3)31-22(28)27-11-9-17(10-12-27)20-5-4-6-21(26-20)32(29,30)15-18-8-7-16(14-25)13-19(18)24/h4-8,13,17H,9-12,15H2,1-3H3. The number of rotatable bonds is 4. The van der Waals surface area contributed by atoms with Crippen molar-refractivity contribution in [2.75, 3.05) is 13.1 Å². The second kappa shape index (κ2) is 9.25. The number of sulfone groups is 1. The van der Waals surface area contributed by atoms with Gasteiger partial charge in [-0.15, -0.1) is 0 Å². The van der Waals surface area contributed by atoms with E-state index in [1.807, 2.05) is 26.8 Å². The van der Waals surface area contributed by atoms with Gasteiger partial charge in [0, 0.05) is 30.3 Å². The minimum absolute atomic E-state index is 0.00971. The topological polar surface area (TPSA) is 100 Å². The molecular formula is C23H26FN3O4S. The van der Waals surface area contributed by atoms with Crippen molar-refractivity contribution in [2.24, 2.45) is 0 Å². The van der Waals surface area contributed by atoms with E-state index in [2.05, 4.69) is 4.98 Å². The second-order valence-corrected chi connectivity index (χ2v) is 10.8. The van der Waals surface area contributed by atoms with Gasteiger partial charge in [0.15, 0.2) is 14.9 Å². The molecule has 7 nitrogen and oxygen atoms in total. The van der Waals surface area contributed by atoms with Crippen molar-refractivity contribution in [1.29, 1.82) is 5.26 Å². The highest BCUT2D eigenvalue weighted by molar-refractivity contribution is 7.90. The summed E-state index contributed by atoms with van der Waals surface area (Å²) in [5.74, 6) is -1.27. The number of carbonyl (C=O) groups excluding carboxylic acids is 1. The first-order valence-corrected chi connectivity index (χ1v) is 12.0. The van der Waals surface area contributed by atoms with Gasteiger partial charge in [0.05, 0.1) is 17.4 Å². The van der Waals surface area contributed by atoms with Gasteiger partial charge in [-0.1, -0.05) is 12.1 Å². The smallest absolute Gasteiger partial charge is 0.410 e. The molecule has 2 heterocycles. The fraction of sp³-hybridized carbons (Fsp3) is 0.435. The molecule has 1 aliphatic heterocycles. The number of aromatic nitrogens is 1. The van der Waals surface area contributed by atoms with Gasteiger partial charge < -0.3 is 9.64 Å². The monoisotopic (exact) mass is 459 g/mol. The molecule has 1 aliphatic rings. The van der Waals surface area contributed by atoms with Crippen molar-refractivity contribution in [3.05, 3.63) is 59.0 Å². The Kier molecular flexibility index (Phi) is 6.84. The molecule has 0 unspecified atom stereocenters. The SMILES string of the molecule is CC(C)(C)OC(=O)N1CCC(c2cccc(S(=O)(=O)Cc3ccc(C#N)cc3F)n2)CC1. The third-order valence-electron chi connectivity index (χ3n) is 5.16. The number of benzene rings is 1. The molecular weight excluding hydrogens is 433 g/mol. The van der Waals surface area contributed by atoms with E-state index in [1.54, 1.807) is 17.0 Å². The van der Waals surface area contributed by atoms with Crippen LogP contribution in [0.15, 0.2) is 41.4 Å². The van der Waals surface area contributed by atoms with Crippen molar-refractivity contribution in [2.45, 2.75) is 55.9 Å². The van der Waals surface area contributed by atoms with Crippen LogP contribution in [0, 0.1) is 17.1 Å². The molecule has 1 fully saturated rings. The average molecular weight is 460 g/mol. The molecule has 0 spiro atoms. The van der Waals surface area contributed by atoms with Gasteiger partial charge in [-0.3, -0.25) is 0 Å². The zero-order valence-electron chi connectivity index (χ0n) is 18.3. The summed E-state index contributed by atoms with van der Waals surface area (Å²) in [6.07, 6.45) is 0.921. The zero-order chi connectivity index (χ0) is 23.5. The molecule has 170 valence electrons. The fourth-order valence-corrected chi connectivity index (χ4v) is 4.85. The van der Waals surface area contributed by atoms with Crippen molar-refractivity contribution in [3.8, 4) is 6.07 Å². The number of hydrogen-bond donors (Lipinski definition) is 0. The molecule has 0 N–H and O–H groups in total. The Morgan fingerprint density at radius 2 is 1.94 bits per heavy atom. The van der Waals surface area contributed by atoms with Gasteiger partial charge >= 0.3 is 6.09 Å². The molecule has 1 aromatic carbocycles. The Bertz CT molecular complexity index is 1140. The number of nitrogens with zero attached hydrogens (tertiary/aromatic N) is 3. The first-order valence-electron chi connectivity index (χ1n) is 10.3. The highest BCUT2D eigenvalue weighted by atomic mass is 32.2. The summed E-state index contributed by atoms with van der Waals surface area (Å²) >= 11 is 0. The van der Waals surface area contributed by atoms with E-state index in [1.165, 1.54) is 18.2 Å². The molecule has 9 heteroatoms. The Hall–Kier alpha value is -2.99. The highest BCUT2D eigenvalue weighted by Crippen LogP contribution is 2.29. The van der Waals surface area contributed by atoms with Crippen LogP contribution in [0.3, 0.4) is 0 Å². The summed E-state index contributed by atoms with van der Waals surface area (Å²) in [5.41, 5.74) is 0.186. The number of pyridine rings is 1. The average Bonchev–Trinajstić information content (AvgIpc) is 2.74. The first-order chi connectivity index (χ1) is 15.0. The molecule has 0 saturated carbocycles. The minimum Gasteiger partial charge on any atom is -0.444 e. The lowest BCUT2D eigenvalue weighted by atomic mass is 9.93. The Morgan fingerprint density at radius 3 is 2.53 bits per heavy atom. The molecule has 0 radical (unpaired) electrons. The van der Waals surface area contributed by atoms with Gasteiger partial charge in [0.2, 0.25) is 0 Å². The second-order valence-electron chi connectivity index (χ2n) is 8.82. The van der Waals surface area contributed by atoms with Crippen LogP contribution in [0.2, 0.25) is 0 Å². The normalized spacial score (nSPS) is 15.3. The van der Waals surface area contributed by atoms with Crippen LogP contribution in [-0.4, -0.2) is 43.1 Å². The summed E-state index contributed by atoms with van der Waals surface area (Å²) in [7, 11) is -3.88. The number of hydrogen-bond acceptors (Lipinski definition) is 6. The molecule has 0 atom stereocenters. The minimum atomic E-state index is -3.88. The van der Waals surface area contributed by atoms with Gasteiger partial charge in [0.1, 0.15) is 11.4 Å². The van der Waals surface area contributed by atoms with Crippen LogP contribution in [0.1, 0.15) is 56.4 Å². The Morgan fingerprint density at radius 1 is 1.25 bits per heavy atom. The number of ether oxygens (including phenoxy) is 1. The molecule has 0 bridgehead atoms. The van der Waals surface area contributed by atoms with Crippen molar-refractivity contribution in [1.82, 2.24) is 9.88 Å². The van der Waals surface area contributed by atoms with Crippen LogP contribution < -0.4 is 0 Å². The van der Waals surface area contributed by atoms with Crippen LogP contribution in [0.25, 0.3) is 0 Å². The highest BCUT2D eigenvalue weighted by Gasteiger charge is 2.29. The van der Waals surface area contributed by atoms with Crippen LogP contribution in [0.4, 0.5) is 9.18 Å². The van der Waals surface area contributed by atoms with E-state index >= 15 is 0 Å². The van der Waals surface area contributed by atoms with E-state index in [0.29, 0.717) is 31.6 Å². The van der Waals surface area contributed by atoms with Gasteiger partial charge in [-0.25, -0.2) is 22.6 Å². The molecule has 2 aromatic rings. The zero-order valence-corrected chi connectivity index (χ0v) is 19.2. The van der Waals surface area contributed by atoms with E-state index < -0.39 is 27.0 Å². The van der Waals surface area contributed by atoms with Crippen molar-refractivity contribution >= 4 is 15.9 Å². The number of halogens is 1. The maximum absolute atomic E-state index is 14.2. The summed E-state index contributed by atoms with van der Waals surface area (Å²) < 4.78 is 45.3. The number of nitriles is 1. The summed E-state index contributed by atoms with van der Waals surface area (Å²) in [6.45, 7) is 6.44. The van der Waals surface area contributed by atoms with Gasteiger partial charge in [-0.05, 0) is 57.9 Å². The third-order valence-corrected chi connectivity index (χ3v) is 6.71. The quantitative estimate of drug-likeness (QED) is 0.680. The van der Waals surface area contributed by atoms with E-state index in [0.717, 1.165) is 6.07 Å². The maximum atomic E-state index is 14.2. The Labute approximate surface area is 187 Å². The predicted octanol–water partition coefficient (Wildman–Crippen LogP) is 4.18. The number of likely N-dealkylation sites (tertiary alicyclic amines) is 1. The van der Waals surface area contributed by atoms with Crippen LogP contribution in [-0.2, 0) is 20.3 Å². The third kappa shape index (κ3) is 5.82. The molecule has 1 amide bonds. The van der Waals surface area contributed by atoms with Gasteiger partial charge in [0.25, 0.3) is 0 Å². The molecule has 32 heavy (non-hydrogen) atoms. The maximum Gasteiger partial charge on any atom is 0.410 e. The van der Waals surface area contributed by atoms with Gasteiger partial charge in [-0.2, -0.15) is 5.26 Å². The lowest BCUT2D eigenvalue weighted by molar-refractivity contribution is 0.0204. The lowest BCUT2D eigenvalue weighted by Crippen LogP contribution is -2.41. The summed E-state index contributed by atoms with van der Waals surface area (Å²) in [6, 6.07) is 10.3. The number of piperidine rings is 1. The van der Waals surface area contributed by atoms with Crippen molar-refractivity contribution < 1.29 is 22.3 Å². The largest absolute Gasteiger partial charge is 0.444 e. The molecule has 1 aromatic heterocycles. The van der Waals surface area contributed by atoms with Crippen molar-refractivity contribution in [3.63, 3.8) is 0 Å². The molecule has 0 aliphatic carbocycles. The lowest BCUT2D eigenvalue weighted by Gasteiger charge is -2.33. The molecule has 3 rings (SSSR count). The predicted molar refractivity (Wildman–Crippen MR) is 116 cm³/mol. The van der Waals surface area contributed by atoms with E-state index in [4.69, 9.17) is 10.00 Å². The Balaban J connectivity index is 1.70. The summed E-state index contributed by atoms with van der Waals surface area (Å²) in [5, 5.41) is 8.72. The fourth-order valence-electron chi connectivity index (χ4n) is 3.53. The molecule has 1 saturated heterocycles. The van der Waals surface area contributed by atoms with E-state index in [9.17, 15) is 17.6 Å². The summed E-state index contributed by atoms with van der Waals surface area (Å²) in [4.78, 5) is 18.3. The first kappa shape index (κ1) is 23.7. The number of amides is 1. The van der Waals surface area contributed by atoms with Crippen LogP contribution >= 0.6 is 0 Å². The number of carbonyl (C=O) groups is 1.